The number of nitrogens with one attached hydrogen (secondary N) is 1. The third-order valence-corrected chi connectivity index (χ3v) is 5.37. The Kier molecular flexibility index (Phi) is 5.16. The molecule has 0 saturated carbocycles. The van der Waals surface area contributed by atoms with E-state index in [1.54, 1.807) is 11.3 Å². The highest BCUT2D eigenvalue weighted by Crippen LogP contribution is 2.36. The van der Waals surface area contributed by atoms with Gasteiger partial charge in [-0.25, -0.2) is 0 Å². The predicted molar refractivity (Wildman–Crippen MR) is 109 cm³/mol. The zero-order chi connectivity index (χ0) is 17.8. The van der Waals surface area contributed by atoms with Crippen LogP contribution in [0.4, 0.5) is 0 Å². The van der Waals surface area contributed by atoms with Gasteiger partial charge in [0.15, 0.2) is 0 Å². The van der Waals surface area contributed by atoms with Crippen LogP contribution in [0.3, 0.4) is 0 Å². The zero-order valence-electron chi connectivity index (χ0n) is 14.4. The molecule has 132 valence electrons. The molecule has 2 N–H and O–H groups in total. The summed E-state index contributed by atoms with van der Waals surface area (Å²) >= 11 is 1.74. The largest absolute Gasteiger partial charge is 0.490 e. The Labute approximate surface area is 156 Å². The van der Waals surface area contributed by atoms with Crippen LogP contribution in [0.25, 0.3) is 20.9 Å². The summed E-state index contributed by atoms with van der Waals surface area (Å²) in [6.45, 7) is 1.50. The van der Waals surface area contributed by atoms with Gasteiger partial charge >= 0.3 is 0 Å². The predicted octanol–water partition coefficient (Wildman–Crippen LogP) is 4.58. The van der Waals surface area contributed by atoms with Crippen molar-refractivity contribution in [3.63, 3.8) is 0 Å². The number of ether oxygens (including phenoxy) is 1. The fraction of sp³-hybridized carbons (Fsp3) is 0.182. The first-order valence-electron chi connectivity index (χ1n) is 8.76. The summed E-state index contributed by atoms with van der Waals surface area (Å²) < 4.78 is 7.25. The molecule has 0 amide bonds. The van der Waals surface area contributed by atoms with Crippen molar-refractivity contribution in [1.29, 1.82) is 0 Å². The lowest BCUT2D eigenvalue weighted by molar-refractivity contribution is 0.107. The van der Waals surface area contributed by atoms with Gasteiger partial charge < -0.3 is 15.2 Å². The van der Waals surface area contributed by atoms with Crippen LogP contribution >= 0.6 is 11.3 Å². The van der Waals surface area contributed by atoms with Crippen molar-refractivity contribution in [1.82, 2.24) is 5.32 Å². The van der Waals surface area contributed by atoms with E-state index in [2.05, 4.69) is 47.1 Å². The maximum atomic E-state index is 10.2. The molecular weight excluding hydrogens is 342 g/mol. The van der Waals surface area contributed by atoms with Crippen molar-refractivity contribution in [2.24, 2.45) is 0 Å². The molecule has 4 rings (SSSR count). The van der Waals surface area contributed by atoms with Gasteiger partial charge in [-0.15, -0.1) is 11.3 Å². The fourth-order valence-corrected chi connectivity index (χ4v) is 4.03. The van der Waals surface area contributed by atoms with Gasteiger partial charge in [-0.1, -0.05) is 54.6 Å². The van der Waals surface area contributed by atoms with E-state index >= 15 is 0 Å². The first-order valence-corrected chi connectivity index (χ1v) is 9.64. The Morgan fingerprint density at radius 3 is 2.58 bits per heavy atom. The third kappa shape index (κ3) is 3.73. The molecule has 0 radical (unpaired) electrons. The number of hydrogen-bond donors (Lipinski definition) is 2. The first kappa shape index (κ1) is 17.0. The Morgan fingerprint density at radius 1 is 0.962 bits per heavy atom. The van der Waals surface area contributed by atoms with Gasteiger partial charge in [0, 0.05) is 28.6 Å². The van der Waals surface area contributed by atoms with Crippen LogP contribution in [0.15, 0.2) is 72.1 Å². The highest BCUT2D eigenvalue weighted by atomic mass is 32.1. The van der Waals surface area contributed by atoms with Gasteiger partial charge in [-0.2, -0.15) is 0 Å². The Balaban J connectivity index is 1.40. The number of hydrogen-bond acceptors (Lipinski definition) is 4. The Hall–Kier alpha value is -2.40. The summed E-state index contributed by atoms with van der Waals surface area (Å²) in [6, 6.07) is 22.6. The Morgan fingerprint density at radius 2 is 1.73 bits per heavy atom. The van der Waals surface area contributed by atoms with E-state index in [0.29, 0.717) is 6.54 Å². The number of aliphatic hydroxyl groups excluding tert-OH is 1. The molecule has 0 spiro atoms. The van der Waals surface area contributed by atoms with Crippen LogP contribution in [-0.4, -0.2) is 24.4 Å². The van der Waals surface area contributed by atoms with Crippen LogP contribution in [0.5, 0.6) is 5.75 Å². The van der Waals surface area contributed by atoms with E-state index in [0.717, 1.165) is 17.7 Å². The van der Waals surface area contributed by atoms with Gasteiger partial charge in [-0.3, -0.25) is 0 Å². The van der Waals surface area contributed by atoms with Gasteiger partial charge in [0.25, 0.3) is 0 Å². The quantitative estimate of drug-likeness (QED) is 0.505. The smallest absolute Gasteiger partial charge is 0.127 e. The molecule has 0 saturated heterocycles. The maximum Gasteiger partial charge on any atom is 0.127 e. The van der Waals surface area contributed by atoms with Crippen LogP contribution in [0.1, 0.15) is 5.56 Å². The molecule has 0 unspecified atom stereocenters. The molecule has 0 aliphatic carbocycles. The van der Waals surface area contributed by atoms with Crippen LogP contribution < -0.4 is 10.1 Å². The minimum atomic E-state index is -0.560. The highest BCUT2D eigenvalue weighted by Gasteiger charge is 2.11. The summed E-state index contributed by atoms with van der Waals surface area (Å²) in [5, 5.41) is 19.1. The molecule has 1 aromatic heterocycles. The second-order valence-electron chi connectivity index (χ2n) is 6.34. The highest BCUT2D eigenvalue weighted by molar-refractivity contribution is 7.18. The topological polar surface area (TPSA) is 41.5 Å². The van der Waals surface area contributed by atoms with Gasteiger partial charge in [-0.05, 0) is 28.5 Å². The minimum absolute atomic E-state index is 0.265. The number of rotatable bonds is 7. The van der Waals surface area contributed by atoms with Crippen molar-refractivity contribution in [2.75, 3.05) is 13.2 Å². The van der Waals surface area contributed by atoms with E-state index in [4.69, 9.17) is 4.74 Å². The molecule has 0 fully saturated rings. The first-order chi connectivity index (χ1) is 12.8. The lowest BCUT2D eigenvalue weighted by Crippen LogP contribution is -2.31. The van der Waals surface area contributed by atoms with Crippen LogP contribution in [0, 0.1) is 0 Å². The van der Waals surface area contributed by atoms with Crippen molar-refractivity contribution in [3.05, 3.63) is 77.7 Å². The zero-order valence-corrected chi connectivity index (χ0v) is 15.2. The maximum absolute atomic E-state index is 10.2. The Bertz CT molecular complexity index is 997. The lowest BCUT2D eigenvalue weighted by atomic mass is 10.1. The van der Waals surface area contributed by atoms with E-state index < -0.39 is 6.10 Å². The van der Waals surface area contributed by atoms with Crippen LogP contribution in [-0.2, 0) is 6.54 Å². The molecule has 3 nitrogen and oxygen atoms in total. The van der Waals surface area contributed by atoms with Gasteiger partial charge in [0.2, 0.25) is 0 Å². The molecule has 1 atom stereocenters. The number of thiophene rings is 1. The van der Waals surface area contributed by atoms with Gasteiger partial charge in [0.1, 0.15) is 18.5 Å². The average molecular weight is 363 g/mol. The number of aliphatic hydroxyl groups is 1. The average Bonchev–Trinajstić information content (AvgIpc) is 3.16. The second kappa shape index (κ2) is 7.87. The van der Waals surface area contributed by atoms with Crippen molar-refractivity contribution < 1.29 is 9.84 Å². The summed E-state index contributed by atoms with van der Waals surface area (Å²) in [6.07, 6.45) is -0.560. The minimum Gasteiger partial charge on any atom is -0.490 e. The van der Waals surface area contributed by atoms with Crippen LogP contribution in [0.2, 0.25) is 0 Å². The molecule has 0 bridgehead atoms. The summed E-state index contributed by atoms with van der Waals surface area (Å²) in [4.78, 5) is 0. The van der Waals surface area contributed by atoms with E-state index in [1.165, 1.54) is 21.0 Å². The summed E-state index contributed by atoms with van der Waals surface area (Å²) in [5.74, 6) is 0.827. The van der Waals surface area contributed by atoms with E-state index in [1.807, 2.05) is 30.3 Å². The van der Waals surface area contributed by atoms with Gasteiger partial charge in [0.05, 0.1) is 0 Å². The standard InChI is InChI=1S/C22H21NO2S/c24-18(14-23-13-16-6-2-1-3-7-16)15-25-21-12-17-10-11-26-22(17)20-9-5-4-8-19(20)21/h1-12,18,23-24H,13-15H2/t18-/m1/s1. The normalized spacial score (nSPS) is 12.5. The molecule has 4 heteroatoms. The fourth-order valence-electron chi connectivity index (χ4n) is 3.11. The van der Waals surface area contributed by atoms with E-state index in [9.17, 15) is 5.11 Å². The molecule has 1 heterocycles. The molecule has 3 aromatic carbocycles. The second-order valence-corrected chi connectivity index (χ2v) is 7.26. The molecule has 26 heavy (non-hydrogen) atoms. The summed E-state index contributed by atoms with van der Waals surface area (Å²) in [5.41, 5.74) is 1.20. The van der Waals surface area contributed by atoms with Crippen molar-refractivity contribution >= 4 is 32.2 Å². The SMILES string of the molecule is O[C@H](CNCc1ccccc1)COc1cc2ccsc2c2ccccc12. The number of benzene rings is 3. The van der Waals surface area contributed by atoms with E-state index in [-0.39, 0.29) is 6.61 Å². The van der Waals surface area contributed by atoms with Crippen molar-refractivity contribution in [3.8, 4) is 5.75 Å². The molecule has 0 aliphatic heterocycles. The molecule has 4 aromatic rings. The lowest BCUT2D eigenvalue weighted by Gasteiger charge is -2.15. The third-order valence-electron chi connectivity index (χ3n) is 4.40. The monoisotopic (exact) mass is 363 g/mol. The van der Waals surface area contributed by atoms with Crippen molar-refractivity contribution in [2.45, 2.75) is 12.6 Å². The molecular formula is C22H21NO2S. The summed E-state index contributed by atoms with van der Waals surface area (Å²) in [7, 11) is 0. The molecule has 0 aliphatic rings. The number of fused-ring (bicyclic) bond motifs is 3.